The van der Waals surface area contributed by atoms with Gasteiger partial charge in [-0.2, -0.15) is 5.10 Å². The highest BCUT2D eigenvalue weighted by Gasteiger charge is 2.15. The van der Waals surface area contributed by atoms with E-state index in [2.05, 4.69) is 29.5 Å². The van der Waals surface area contributed by atoms with Crippen LogP contribution in [0.15, 0.2) is 48.5 Å². The van der Waals surface area contributed by atoms with Crippen LogP contribution in [0.5, 0.6) is 11.5 Å². The lowest BCUT2D eigenvalue weighted by atomic mass is 10.1. The Morgan fingerprint density at radius 2 is 1.86 bits per heavy atom. The highest BCUT2D eigenvalue weighted by molar-refractivity contribution is 5.76. The Labute approximate surface area is 170 Å². The molecule has 150 valence electrons. The molecule has 0 unspecified atom stereocenters. The number of carbonyl (C=O) groups excluding carboxylic acids is 1. The Kier molecular flexibility index (Phi) is 5.51. The number of nitrogens with zero attached hydrogens (tertiary/aromatic N) is 2. The van der Waals surface area contributed by atoms with Crippen molar-refractivity contribution in [2.45, 2.75) is 39.8 Å². The second kappa shape index (κ2) is 8.39. The molecule has 0 spiro atoms. The molecule has 4 rings (SSSR count). The zero-order valence-corrected chi connectivity index (χ0v) is 16.8. The van der Waals surface area contributed by atoms with Crippen LogP contribution in [0.25, 0.3) is 0 Å². The minimum Gasteiger partial charge on any atom is -0.454 e. The van der Waals surface area contributed by atoms with E-state index >= 15 is 0 Å². The number of nitrogens with one attached hydrogen (secondary N) is 1. The number of aromatic nitrogens is 2. The first-order valence-corrected chi connectivity index (χ1v) is 9.82. The highest BCUT2D eigenvalue weighted by atomic mass is 16.7. The van der Waals surface area contributed by atoms with Gasteiger partial charge in [-0.1, -0.05) is 36.4 Å². The molecule has 0 bridgehead atoms. The normalized spacial score (nSPS) is 12.2. The summed E-state index contributed by atoms with van der Waals surface area (Å²) in [5, 5.41) is 7.68. The van der Waals surface area contributed by atoms with E-state index in [1.165, 1.54) is 5.56 Å². The van der Waals surface area contributed by atoms with E-state index < -0.39 is 0 Å². The summed E-state index contributed by atoms with van der Waals surface area (Å²) in [6.45, 7) is 5.52. The number of hydrogen-bond donors (Lipinski definition) is 1. The molecule has 3 aromatic rings. The van der Waals surface area contributed by atoms with Gasteiger partial charge in [0.1, 0.15) is 0 Å². The molecular weight excluding hydrogens is 366 g/mol. The molecule has 0 fully saturated rings. The molecule has 1 aliphatic heterocycles. The lowest BCUT2D eigenvalue weighted by Crippen LogP contribution is -2.23. The van der Waals surface area contributed by atoms with Gasteiger partial charge in [0.2, 0.25) is 12.7 Å². The van der Waals surface area contributed by atoms with Crippen molar-refractivity contribution < 1.29 is 14.3 Å². The number of ether oxygens (including phenoxy) is 2. The van der Waals surface area contributed by atoms with Gasteiger partial charge in [0.25, 0.3) is 0 Å². The minimum atomic E-state index is 0.0253. The summed E-state index contributed by atoms with van der Waals surface area (Å²) in [6.07, 6.45) is 1.09. The maximum absolute atomic E-state index is 12.3. The van der Waals surface area contributed by atoms with E-state index in [1.807, 2.05) is 48.0 Å². The van der Waals surface area contributed by atoms with E-state index in [0.717, 1.165) is 40.6 Å². The molecule has 2 heterocycles. The third-order valence-electron chi connectivity index (χ3n) is 5.25. The third-order valence-corrected chi connectivity index (χ3v) is 5.25. The summed E-state index contributed by atoms with van der Waals surface area (Å²) < 4.78 is 12.7. The molecule has 6 heteroatoms. The molecule has 1 aromatic heterocycles. The van der Waals surface area contributed by atoms with E-state index in [1.54, 1.807) is 0 Å². The Bertz CT molecular complexity index is 1010. The molecule has 1 N–H and O–H groups in total. The van der Waals surface area contributed by atoms with Crippen LogP contribution in [0.4, 0.5) is 0 Å². The number of benzene rings is 2. The van der Waals surface area contributed by atoms with E-state index in [9.17, 15) is 4.79 Å². The topological polar surface area (TPSA) is 65.4 Å². The molecule has 0 radical (unpaired) electrons. The third kappa shape index (κ3) is 4.42. The standard InChI is InChI=1S/C23H25N3O3/c1-16-20(17(2)26(25-16)14-19-6-4-3-5-7-19)13-24-23(27)11-9-18-8-10-21-22(12-18)29-15-28-21/h3-8,10,12H,9,11,13-15H2,1-2H3,(H,24,27). The van der Waals surface area contributed by atoms with Gasteiger partial charge in [-0.05, 0) is 43.5 Å². The average Bonchev–Trinajstić information content (AvgIpc) is 3.30. The van der Waals surface area contributed by atoms with Crippen molar-refractivity contribution in [3.63, 3.8) is 0 Å². The molecule has 1 amide bonds. The predicted octanol–water partition coefficient (Wildman–Crippen LogP) is 3.53. The Hall–Kier alpha value is -3.28. The summed E-state index contributed by atoms with van der Waals surface area (Å²) in [6, 6.07) is 16.1. The maximum atomic E-state index is 12.3. The Morgan fingerprint density at radius 1 is 1.07 bits per heavy atom. The van der Waals surface area contributed by atoms with Crippen molar-refractivity contribution in [3.05, 3.63) is 76.6 Å². The number of aryl methyl sites for hydroxylation is 2. The summed E-state index contributed by atoms with van der Waals surface area (Å²) in [7, 11) is 0. The van der Waals surface area contributed by atoms with E-state index in [4.69, 9.17) is 9.47 Å². The molecule has 29 heavy (non-hydrogen) atoms. The first-order valence-electron chi connectivity index (χ1n) is 9.82. The van der Waals surface area contributed by atoms with Crippen LogP contribution in [-0.2, 0) is 24.3 Å². The second-order valence-corrected chi connectivity index (χ2v) is 7.26. The monoisotopic (exact) mass is 391 g/mol. The maximum Gasteiger partial charge on any atom is 0.231 e. The quantitative estimate of drug-likeness (QED) is 0.669. The predicted molar refractivity (Wildman–Crippen MR) is 110 cm³/mol. The van der Waals surface area contributed by atoms with Gasteiger partial charge in [0.15, 0.2) is 11.5 Å². The highest BCUT2D eigenvalue weighted by Crippen LogP contribution is 2.32. The van der Waals surface area contributed by atoms with Crippen LogP contribution in [0, 0.1) is 13.8 Å². The molecule has 0 atom stereocenters. The van der Waals surface area contributed by atoms with Crippen molar-refractivity contribution in [2.75, 3.05) is 6.79 Å². The SMILES string of the molecule is Cc1nn(Cc2ccccc2)c(C)c1CNC(=O)CCc1ccc2c(c1)OCO2. The first-order chi connectivity index (χ1) is 14.1. The van der Waals surface area contributed by atoms with Crippen molar-refractivity contribution >= 4 is 5.91 Å². The number of amides is 1. The van der Waals surface area contributed by atoms with Crippen LogP contribution in [-0.4, -0.2) is 22.5 Å². The Balaban J connectivity index is 1.32. The lowest BCUT2D eigenvalue weighted by Gasteiger charge is -2.08. The number of hydrogen-bond acceptors (Lipinski definition) is 4. The molecule has 6 nitrogen and oxygen atoms in total. The van der Waals surface area contributed by atoms with Crippen LogP contribution in [0.3, 0.4) is 0 Å². The van der Waals surface area contributed by atoms with Crippen LogP contribution in [0.1, 0.15) is 34.5 Å². The van der Waals surface area contributed by atoms with Gasteiger partial charge < -0.3 is 14.8 Å². The van der Waals surface area contributed by atoms with Crippen LogP contribution < -0.4 is 14.8 Å². The number of fused-ring (bicyclic) bond motifs is 1. The van der Waals surface area contributed by atoms with Gasteiger partial charge in [-0.15, -0.1) is 0 Å². The van der Waals surface area contributed by atoms with E-state index in [0.29, 0.717) is 19.4 Å². The minimum absolute atomic E-state index is 0.0253. The number of rotatable bonds is 7. The van der Waals surface area contributed by atoms with Crippen molar-refractivity contribution in [3.8, 4) is 11.5 Å². The molecule has 1 aliphatic rings. The van der Waals surface area contributed by atoms with Gasteiger partial charge in [-0.25, -0.2) is 0 Å². The summed E-state index contributed by atoms with van der Waals surface area (Å²) in [5.74, 6) is 1.54. The van der Waals surface area contributed by atoms with Crippen molar-refractivity contribution in [2.24, 2.45) is 0 Å². The van der Waals surface area contributed by atoms with Gasteiger partial charge in [0.05, 0.1) is 12.2 Å². The zero-order chi connectivity index (χ0) is 20.2. The zero-order valence-electron chi connectivity index (χ0n) is 16.8. The average molecular weight is 391 g/mol. The molecule has 0 saturated heterocycles. The van der Waals surface area contributed by atoms with Crippen LogP contribution >= 0.6 is 0 Å². The molecular formula is C23H25N3O3. The van der Waals surface area contributed by atoms with Gasteiger partial charge >= 0.3 is 0 Å². The fourth-order valence-electron chi connectivity index (χ4n) is 3.53. The number of carbonyl (C=O) groups is 1. The fourth-order valence-corrected chi connectivity index (χ4v) is 3.53. The lowest BCUT2D eigenvalue weighted by molar-refractivity contribution is -0.121. The molecule has 0 aliphatic carbocycles. The second-order valence-electron chi connectivity index (χ2n) is 7.26. The van der Waals surface area contributed by atoms with Gasteiger partial charge in [0, 0.05) is 24.2 Å². The summed E-state index contributed by atoms with van der Waals surface area (Å²) in [5.41, 5.74) is 5.39. The van der Waals surface area contributed by atoms with Gasteiger partial charge in [-0.3, -0.25) is 9.48 Å². The van der Waals surface area contributed by atoms with Crippen molar-refractivity contribution in [1.29, 1.82) is 0 Å². The summed E-state index contributed by atoms with van der Waals surface area (Å²) in [4.78, 5) is 12.3. The largest absolute Gasteiger partial charge is 0.454 e. The Morgan fingerprint density at radius 3 is 2.69 bits per heavy atom. The molecule has 2 aromatic carbocycles. The smallest absolute Gasteiger partial charge is 0.231 e. The molecule has 0 saturated carbocycles. The van der Waals surface area contributed by atoms with Crippen LogP contribution in [0.2, 0.25) is 0 Å². The van der Waals surface area contributed by atoms with E-state index in [-0.39, 0.29) is 12.7 Å². The fraction of sp³-hybridized carbons (Fsp3) is 0.304. The van der Waals surface area contributed by atoms with Crippen molar-refractivity contribution in [1.82, 2.24) is 15.1 Å². The first kappa shape index (κ1) is 19.1. The summed E-state index contributed by atoms with van der Waals surface area (Å²) >= 11 is 0.